The fourth-order valence-electron chi connectivity index (χ4n) is 4.58. The van der Waals surface area contributed by atoms with E-state index in [0.29, 0.717) is 6.04 Å². The first-order valence-corrected chi connectivity index (χ1v) is 8.13. The molecule has 3 heteroatoms. The molecule has 4 atom stereocenters. The number of hydrogen-bond donors (Lipinski definition) is 1. The number of likely N-dealkylation sites (tertiary alicyclic amines) is 1. The molecule has 1 saturated carbocycles. The van der Waals surface area contributed by atoms with Gasteiger partial charge in [0.25, 0.3) is 0 Å². The van der Waals surface area contributed by atoms with E-state index in [1.165, 1.54) is 45.2 Å². The molecule has 0 spiro atoms. The zero-order valence-electron chi connectivity index (χ0n) is 13.4. The molecule has 0 bridgehead atoms. The predicted octanol–water partition coefficient (Wildman–Crippen LogP) is 2.17. The minimum absolute atomic E-state index is 0.273. The Balaban J connectivity index is 2.19. The number of rotatable bonds is 4. The molecule has 4 unspecified atom stereocenters. The highest BCUT2D eigenvalue weighted by Crippen LogP contribution is 2.44. The Kier molecular flexibility index (Phi) is 4.91. The molecule has 2 N–H and O–H groups in total. The van der Waals surface area contributed by atoms with Gasteiger partial charge in [0.05, 0.1) is 0 Å². The summed E-state index contributed by atoms with van der Waals surface area (Å²) in [7, 11) is 4.39. The largest absolute Gasteiger partial charge is 0.329 e. The van der Waals surface area contributed by atoms with Crippen LogP contribution < -0.4 is 5.73 Å². The van der Waals surface area contributed by atoms with Crippen LogP contribution in [-0.4, -0.2) is 55.1 Å². The molecule has 3 nitrogen and oxygen atoms in total. The van der Waals surface area contributed by atoms with Crippen LogP contribution in [0.25, 0.3) is 0 Å². The molecule has 1 saturated heterocycles. The van der Waals surface area contributed by atoms with Crippen LogP contribution in [0.1, 0.15) is 46.0 Å². The van der Waals surface area contributed by atoms with Gasteiger partial charge in [0, 0.05) is 24.7 Å². The van der Waals surface area contributed by atoms with E-state index >= 15 is 0 Å². The first-order chi connectivity index (χ1) is 9.01. The van der Waals surface area contributed by atoms with Crippen molar-refractivity contribution in [2.45, 2.75) is 57.5 Å². The third-order valence-electron chi connectivity index (χ3n) is 5.85. The lowest BCUT2D eigenvalue weighted by molar-refractivity contribution is -0.0237. The summed E-state index contributed by atoms with van der Waals surface area (Å²) in [5, 5.41) is 0. The number of hydrogen-bond acceptors (Lipinski definition) is 3. The van der Waals surface area contributed by atoms with E-state index in [1.54, 1.807) is 0 Å². The van der Waals surface area contributed by atoms with Crippen molar-refractivity contribution in [3.05, 3.63) is 0 Å². The van der Waals surface area contributed by atoms with Crippen LogP contribution in [0.5, 0.6) is 0 Å². The lowest BCUT2D eigenvalue weighted by Gasteiger charge is -2.53. The topological polar surface area (TPSA) is 32.5 Å². The monoisotopic (exact) mass is 267 g/mol. The smallest absolute Gasteiger partial charge is 0.0363 e. The Morgan fingerprint density at radius 3 is 2.58 bits per heavy atom. The van der Waals surface area contributed by atoms with Gasteiger partial charge in [0.2, 0.25) is 0 Å². The number of nitrogens with two attached hydrogens (primary N) is 1. The molecule has 112 valence electrons. The van der Waals surface area contributed by atoms with Crippen molar-refractivity contribution < 1.29 is 0 Å². The van der Waals surface area contributed by atoms with Gasteiger partial charge < -0.3 is 10.6 Å². The van der Waals surface area contributed by atoms with E-state index in [2.05, 4.69) is 37.7 Å². The number of nitrogens with zero attached hydrogens (tertiary/aromatic N) is 2. The molecule has 0 amide bonds. The number of likely N-dealkylation sites (N-methyl/N-ethyl adjacent to an activating group) is 1. The van der Waals surface area contributed by atoms with Gasteiger partial charge in [-0.2, -0.15) is 0 Å². The lowest BCUT2D eigenvalue weighted by Crippen LogP contribution is -2.63. The standard InChI is InChI=1S/C16H33N3/c1-13-7-5-9-16(12-17,14(13)2)19-10-6-8-15(19)11-18(3)4/h13-15H,5-12,17H2,1-4H3. The van der Waals surface area contributed by atoms with Crippen molar-refractivity contribution >= 4 is 0 Å². The molecule has 19 heavy (non-hydrogen) atoms. The van der Waals surface area contributed by atoms with Crippen molar-refractivity contribution in [3.63, 3.8) is 0 Å². The maximum absolute atomic E-state index is 6.31. The van der Waals surface area contributed by atoms with Gasteiger partial charge in [-0.25, -0.2) is 0 Å². The zero-order valence-corrected chi connectivity index (χ0v) is 13.4. The second-order valence-electron chi connectivity index (χ2n) is 7.22. The summed E-state index contributed by atoms with van der Waals surface area (Å²) in [4.78, 5) is 5.14. The van der Waals surface area contributed by atoms with Crippen LogP contribution in [-0.2, 0) is 0 Å². The van der Waals surface area contributed by atoms with Gasteiger partial charge in [0.1, 0.15) is 0 Å². The van der Waals surface area contributed by atoms with Crippen molar-refractivity contribution in [1.29, 1.82) is 0 Å². The zero-order chi connectivity index (χ0) is 14.0. The highest BCUT2D eigenvalue weighted by atomic mass is 15.3. The minimum atomic E-state index is 0.273. The van der Waals surface area contributed by atoms with Gasteiger partial charge in [-0.3, -0.25) is 4.90 Å². The third-order valence-corrected chi connectivity index (χ3v) is 5.85. The van der Waals surface area contributed by atoms with Crippen LogP contribution in [0, 0.1) is 11.8 Å². The Labute approximate surface area is 119 Å². The Bertz CT molecular complexity index is 292. The third kappa shape index (κ3) is 2.84. The highest BCUT2D eigenvalue weighted by molar-refractivity contribution is 5.04. The lowest BCUT2D eigenvalue weighted by atomic mass is 9.67. The first-order valence-electron chi connectivity index (χ1n) is 8.13. The maximum atomic E-state index is 6.31. The summed E-state index contributed by atoms with van der Waals surface area (Å²) >= 11 is 0. The maximum Gasteiger partial charge on any atom is 0.0363 e. The SMILES string of the molecule is CC1CCCC(CN)(N2CCCC2CN(C)C)C1C. The molecule has 1 aliphatic carbocycles. The van der Waals surface area contributed by atoms with E-state index in [9.17, 15) is 0 Å². The van der Waals surface area contributed by atoms with Crippen molar-refractivity contribution in [3.8, 4) is 0 Å². The van der Waals surface area contributed by atoms with Gasteiger partial charge in [-0.1, -0.05) is 26.7 Å². The van der Waals surface area contributed by atoms with Crippen LogP contribution in [0.3, 0.4) is 0 Å². The molecular formula is C16H33N3. The normalized spacial score (nSPS) is 41.1. The van der Waals surface area contributed by atoms with Gasteiger partial charge in [-0.05, 0) is 51.7 Å². The molecule has 1 aliphatic heterocycles. The van der Waals surface area contributed by atoms with E-state index < -0.39 is 0 Å². The van der Waals surface area contributed by atoms with Gasteiger partial charge >= 0.3 is 0 Å². The molecular weight excluding hydrogens is 234 g/mol. The second kappa shape index (κ2) is 6.11. The van der Waals surface area contributed by atoms with Crippen molar-refractivity contribution in [2.75, 3.05) is 33.7 Å². The van der Waals surface area contributed by atoms with E-state index in [4.69, 9.17) is 5.73 Å². The van der Waals surface area contributed by atoms with Gasteiger partial charge in [-0.15, -0.1) is 0 Å². The Hall–Kier alpha value is -0.120. The molecule has 2 rings (SSSR count). The van der Waals surface area contributed by atoms with Crippen LogP contribution >= 0.6 is 0 Å². The Morgan fingerprint density at radius 2 is 1.95 bits per heavy atom. The molecule has 2 aliphatic rings. The summed E-state index contributed by atoms with van der Waals surface area (Å²) < 4.78 is 0. The molecule has 0 radical (unpaired) electrons. The Morgan fingerprint density at radius 1 is 1.21 bits per heavy atom. The summed E-state index contributed by atoms with van der Waals surface area (Å²) in [6.07, 6.45) is 6.74. The fraction of sp³-hybridized carbons (Fsp3) is 1.00. The molecule has 0 aromatic heterocycles. The van der Waals surface area contributed by atoms with Crippen molar-refractivity contribution in [2.24, 2.45) is 17.6 Å². The quantitative estimate of drug-likeness (QED) is 0.847. The van der Waals surface area contributed by atoms with E-state index in [1.807, 2.05) is 0 Å². The van der Waals surface area contributed by atoms with Crippen LogP contribution in [0.4, 0.5) is 0 Å². The fourth-order valence-corrected chi connectivity index (χ4v) is 4.58. The minimum Gasteiger partial charge on any atom is -0.329 e. The van der Waals surface area contributed by atoms with E-state index in [0.717, 1.165) is 18.4 Å². The first kappa shape index (κ1) is 15.3. The second-order valence-corrected chi connectivity index (χ2v) is 7.22. The highest BCUT2D eigenvalue weighted by Gasteiger charge is 2.48. The van der Waals surface area contributed by atoms with E-state index in [-0.39, 0.29) is 5.54 Å². The predicted molar refractivity (Wildman–Crippen MR) is 82.2 cm³/mol. The summed E-state index contributed by atoms with van der Waals surface area (Å²) in [5.74, 6) is 1.55. The van der Waals surface area contributed by atoms with Crippen LogP contribution in [0.15, 0.2) is 0 Å². The summed E-state index contributed by atoms with van der Waals surface area (Å²) in [6, 6.07) is 0.714. The van der Waals surface area contributed by atoms with Crippen molar-refractivity contribution in [1.82, 2.24) is 9.80 Å². The summed E-state index contributed by atoms with van der Waals surface area (Å²) in [6.45, 7) is 8.14. The average molecular weight is 267 g/mol. The molecule has 1 heterocycles. The van der Waals surface area contributed by atoms with Crippen LogP contribution in [0.2, 0.25) is 0 Å². The molecule has 2 fully saturated rings. The molecule has 0 aromatic carbocycles. The average Bonchev–Trinajstić information content (AvgIpc) is 2.81. The molecule has 0 aromatic rings. The van der Waals surface area contributed by atoms with Gasteiger partial charge in [0.15, 0.2) is 0 Å². The summed E-state index contributed by atoms with van der Waals surface area (Å²) in [5.41, 5.74) is 6.58.